The molecule has 158 valence electrons. The van der Waals surface area contributed by atoms with Gasteiger partial charge in [0.05, 0.1) is 12.2 Å². The highest BCUT2D eigenvalue weighted by atomic mass is 16.2. The van der Waals surface area contributed by atoms with E-state index in [0.717, 1.165) is 25.1 Å². The Morgan fingerprint density at radius 2 is 2.03 bits per heavy atom. The van der Waals surface area contributed by atoms with Gasteiger partial charge in [-0.05, 0) is 30.9 Å². The standard InChI is InChI=1S/C22H23N7O2/c1-2-16(13-6-4-3-5-7-13)25-18-11-19(24-15-8-9-15)29-20(27-18)14(12-23-29)10-17-21(30)28-22(31)26-17/h3-7,10-12,15-16,24H,2,8-9H2,1H3,(H,25,27)(H2,26,28,30,31)/b17-10-/t16-/m0/s1. The predicted octanol–water partition coefficient (Wildman–Crippen LogP) is 3.05. The maximum atomic E-state index is 11.9. The van der Waals surface area contributed by atoms with Crippen LogP contribution in [0.3, 0.4) is 0 Å². The van der Waals surface area contributed by atoms with Gasteiger partial charge >= 0.3 is 6.03 Å². The fraction of sp³-hybridized carbons (Fsp3) is 0.273. The summed E-state index contributed by atoms with van der Waals surface area (Å²) in [6.07, 6.45) is 6.37. The highest BCUT2D eigenvalue weighted by Gasteiger charge is 2.25. The lowest BCUT2D eigenvalue weighted by molar-refractivity contribution is -0.115. The van der Waals surface area contributed by atoms with Gasteiger partial charge in [-0.2, -0.15) is 9.61 Å². The molecule has 0 spiro atoms. The van der Waals surface area contributed by atoms with E-state index < -0.39 is 11.9 Å². The molecule has 5 rings (SSSR count). The highest BCUT2D eigenvalue weighted by molar-refractivity contribution is 6.14. The van der Waals surface area contributed by atoms with Crippen LogP contribution in [0.2, 0.25) is 0 Å². The highest BCUT2D eigenvalue weighted by Crippen LogP contribution is 2.29. The maximum absolute atomic E-state index is 11.9. The Labute approximate surface area is 178 Å². The summed E-state index contributed by atoms with van der Waals surface area (Å²) >= 11 is 0. The largest absolute Gasteiger partial charge is 0.367 e. The van der Waals surface area contributed by atoms with Crippen LogP contribution in [-0.2, 0) is 4.79 Å². The number of anilines is 2. The third-order valence-corrected chi connectivity index (χ3v) is 5.38. The summed E-state index contributed by atoms with van der Waals surface area (Å²) in [7, 11) is 0. The molecule has 1 saturated heterocycles. The zero-order valence-corrected chi connectivity index (χ0v) is 17.1. The minimum atomic E-state index is -0.534. The first kappa shape index (κ1) is 19.1. The fourth-order valence-electron chi connectivity index (χ4n) is 3.62. The monoisotopic (exact) mass is 417 g/mol. The van der Waals surface area contributed by atoms with Crippen molar-refractivity contribution in [1.82, 2.24) is 25.2 Å². The van der Waals surface area contributed by atoms with Crippen LogP contribution in [0.1, 0.15) is 43.4 Å². The first-order chi connectivity index (χ1) is 15.1. The lowest BCUT2D eigenvalue weighted by atomic mass is 10.0. The Morgan fingerprint density at radius 3 is 2.71 bits per heavy atom. The summed E-state index contributed by atoms with van der Waals surface area (Å²) in [4.78, 5) is 28.2. The Kier molecular flexibility index (Phi) is 4.78. The number of urea groups is 1. The van der Waals surface area contributed by atoms with Crippen molar-refractivity contribution in [2.75, 3.05) is 10.6 Å². The van der Waals surface area contributed by atoms with Crippen LogP contribution in [0.15, 0.2) is 48.3 Å². The van der Waals surface area contributed by atoms with Crippen molar-refractivity contribution in [3.63, 3.8) is 0 Å². The third-order valence-electron chi connectivity index (χ3n) is 5.38. The molecular formula is C22H23N7O2. The van der Waals surface area contributed by atoms with Crippen molar-refractivity contribution in [1.29, 1.82) is 0 Å². The molecule has 9 heteroatoms. The number of imide groups is 1. The molecule has 1 aliphatic heterocycles. The normalized spacial score (nSPS) is 18.2. The Balaban J connectivity index is 1.54. The lowest BCUT2D eigenvalue weighted by Gasteiger charge is -2.19. The van der Waals surface area contributed by atoms with Gasteiger partial charge in [-0.25, -0.2) is 9.78 Å². The molecule has 9 nitrogen and oxygen atoms in total. The molecule has 0 bridgehead atoms. The SMILES string of the molecule is CC[C@H](Nc1cc(NC2CC2)n2ncc(/C=C3\NC(=O)NC3=O)c2n1)c1ccccc1. The van der Waals surface area contributed by atoms with Gasteiger partial charge in [0.2, 0.25) is 0 Å². The van der Waals surface area contributed by atoms with E-state index in [0.29, 0.717) is 23.1 Å². The number of carbonyl (C=O) groups excluding carboxylic acids is 2. The molecule has 0 unspecified atom stereocenters. The van der Waals surface area contributed by atoms with Gasteiger partial charge in [0.15, 0.2) is 5.65 Å². The van der Waals surface area contributed by atoms with E-state index in [4.69, 9.17) is 4.98 Å². The Morgan fingerprint density at radius 1 is 1.23 bits per heavy atom. The second kappa shape index (κ2) is 7.75. The minimum Gasteiger partial charge on any atom is -0.367 e. The number of nitrogens with one attached hydrogen (secondary N) is 4. The lowest BCUT2D eigenvalue weighted by Crippen LogP contribution is -2.22. The fourth-order valence-corrected chi connectivity index (χ4v) is 3.62. The van der Waals surface area contributed by atoms with Crippen LogP contribution in [0, 0.1) is 0 Å². The molecule has 2 aromatic heterocycles. The first-order valence-corrected chi connectivity index (χ1v) is 10.4. The van der Waals surface area contributed by atoms with Gasteiger partial charge in [-0.3, -0.25) is 10.1 Å². The van der Waals surface area contributed by atoms with Crippen LogP contribution >= 0.6 is 0 Å². The molecule has 1 aliphatic carbocycles. The summed E-state index contributed by atoms with van der Waals surface area (Å²) in [6, 6.07) is 12.2. The van der Waals surface area contributed by atoms with Crippen molar-refractivity contribution in [3.05, 3.63) is 59.4 Å². The van der Waals surface area contributed by atoms with Crippen LogP contribution in [0.4, 0.5) is 16.4 Å². The summed E-state index contributed by atoms with van der Waals surface area (Å²) < 4.78 is 1.73. The van der Waals surface area contributed by atoms with Crippen LogP contribution < -0.4 is 21.3 Å². The van der Waals surface area contributed by atoms with Crippen molar-refractivity contribution in [2.45, 2.75) is 38.3 Å². The van der Waals surface area contributed by atoms with Crippen LogP contribution in [0.25, 0.3) is 11.7 Å². The predicted molar refractivity (Wildman–Crippen MR) is 117 cm³/mol. The number of hydrogen-bond donors (Lipinski definition) is 4. The number of aromatic nitrogens is 3. The van der Waals surface area contributed by atoms with Crippen molar-refractivity contribution in [3.8, 4) is 0 Å². The van der Waals surface area contributed by atoms with Crippen molar-refractivity contribution >= 4 is 35.3 Å². The second-order valence-corrected chi connectivity index (χ2v) is 7.76. The van der Waals surface area contributed by atoms with E-state index in [1.54, 1.807) is 16.8 Å². The number of amides is 3. The number of nitrogens with zero attached hydrogens (tertiary/aromatic N) is 3. The van der Waals surface area contributed by atoms with E-state index >= 15 is 0 Å². The summed E-state index contributed by atoms with van der Waals surface area (Å²) in [6.45, 7) is 2.13. The number of carbonyl (C=O) groups is 2. The van der Waals surface area contributed by atoms with E-state index in [9.17, 15) is 9.59 Å². The summed E-state index contributed by atoms with van der Waals surface area (Å²) in [5, 5.41) is 16.2. The Hall–Kier alpha value is -3.88. The van der Waals surface area contributed by atoms with E-state index in [1.807, 2.05) is 24.3 Å². The molecule has 0 radical (unpaired) electrons. The first-order valence-electron chi connectivity index (χ1n) is 10.4. The molecule has 2 aliphatic rings. The summed E-state index contributed by atoms with van der Waals surface area (Å²) in [5.41, 5.74) is 2.59. The van der Waals surface area contributed by atoms with Gasteiger partial charge < -0.3 is 16.0 Å². The number of benzene rings is 1. The van der Waals surface area contributed by atoms with Gasteiger partial charge in [-0.15, -0.1) is 0 Å². The van der Waals surface area contributed by atoms with Crippen molar-refractivity contribution < 1.29 is 9.59 Å². The molecule has 3 amide bonds. The molecule has 3 heterocycles. The van der Waals surface area contributed by atoms with Crippen LogP contribution in [-0.4, -0.2) is 32.6 Å². The Bertz CT molecular complexity index is 1180. The average Bonchev–Trinajstić information content (AvgIpc) is 3.41. The van der Waals surface area contributed by atoms with Gasteiger partial charge in [0.25, 0.3) is 5.91 Å². The molecule has 1 saturated carbocycles. The second-order valence-electron chi connectivity index (χ2n) is 7.76. The summed E-state index contributed by atoms with van der Waals surface area (Å²) in [5.74, 6) is 1.08. The molecule has 2 fully saturated rings. The zero-order chi connectivity index (χ0) is 21.4. The molecule has 31 heavy (non-hydrogen) atoms. The van der Waals surface area contributed by atoms with Crippen LogP contribution in [0.5, 0.6) is 0 Å². The zero-order valence-electron chi connectivity index (χ0n) is 17.1. The average molecular weight is 417 g/mol. The molecule has 1 atom stereocenters. The van der Waals surface area contributed by atoms with Gasteiger partial charge in [-0.1, -0.05) is 37.3 Å². The smallest absolute Gasteiger partial charge is 0.326 e. The number of fused-ring (bicyclic) bond motifs is 1. The van der Waals surface area contributed by atoms with E-state index in [-0.39, 0.29) is 11.7 Å². The van der Waals surface area contributed by atoms with Gasteiger partial charge in [0, 0.05) is 17.7 Å². The molecule has 3 aromatic rings. The molecule has 4 N–H and O–H groups in total. The quantitative estimate of drug-likeness (QED) is 0.347. The minimum absolute atomic E-state index is 0.106. The van der Waals surface area contributed by atoms with E-state index in [2.05, 4.69) is 45.4 Å². The van der Waals surface area contributed by atoms with E-state index in [1.165, 1.54) is 5.56 Å². The molecular weight excluding hydrogens is 394 g/mol. The molecule has 1 aromatic carbocycles. The maximum Gasteiger partial charge on any atom is 0.326 e. The third kappa shape index (κ3) is 3.94. The number of hydrogen-bond acceptors (Lipinski definition) is 6. The topological polar surface area (TPSA) is 112 Å². The van der Waals surface area contributed by atoms with Crippen molar-refractivity contribution in [2.24, 2.45) is 0 Å². The number of rotatable bonds is 7. The van der Waals surface area contributed by atoms with Gasteiger partial charge in [0.1, 0.15) is 17.3 Å².